The molecule has 3 N–H and O–H groups in total. The second kappa shape index (κ2) is 8.95. The highest BCUT2D eigenvalue weighted by Gasteiger charge is 2.03. The first kappa shape index (κ1) is 18.7. The SMILES string of the molecule is COc1cccc(NC(N)=NCc2ccc(C#N)cc2F)c1.I. The zero-order chi connectivity index (χ0) is 15.9. The van der Waals surface area contributed by atoms with Gasteiger partial charge in [-0.25, -0.2) is 9.38 Å². The van der Waals surface area contributed by atoms with Gasteiger partial charge in [-0.05, 0) is 24.3 Å². The van der Waals surface area contributed by atoms with Gasteiger partial charge in [0.05, 0.1) is 25.3 Å². The van der Waals surface area contributed by atoms with E-state index >= 15 is 0 Å². The summed E-state index contributed by atoms with van der Waals surface area (Å²) in [6.07, 6.45) is 0. The Bertz CT molecular complexity index is 743. The molecule has 0 atom stereocenters. The van der Waals surface area contributed by atoms with E-state index in [9.17, 15) is 4.39 Å². The van der Waals surface area contributed by atoms with Crippen LogP contribution >= 0.6 is 24.0 Å². The Morgan fingerprint density at radius 2 is 2.13 bits per heavy atom. The zero-order valence-electron chi connectivity index (χ0n) is 12.4. The van der Waals surface area contributed by atoms with Crippen LogP contribution in [0.4, 0.5) is 10.1 Å². The standard InChI is InChI=1S/C16H15FN4O.HI/c1-22-14-4-2-3-13(8-14)21-16(19)20-10-12-6-5-11(9-18)7-15(12)17;/h2-8H,10H2,1H3,(H3,19,20,21);1H. The molecule has 5 nitrogen and oxygen atoms in total. The number of methoxy groups -OCH3 is 1. The summed E-state index contributed by atoms with van der Waals surface area (Å²) in [5.74, 6) is 0.380. The van der Waals surface area contributed by atoms with Crippen LogP contribution in [-0.2, 0) is 6.54 Å². The summed E-state index contributed by atoms with van der Waals surface area (Å²) in [4.78, 5) is 4.08. The summed E-state index contributed by atoms with van der Waals surface area (Å²) < 4.78 is 18.8. The highest BCUT2D eigenvalue weighted by Crippen LogP contribution is 2.16. The third kappa shape index (κ3) is 5.41. The van der Waals surface area contributed by atoms with Gasteiger partial charge in [0.25, 0.3) is 0 Å². The quantitative estimate of drug-likeness (QED) is 0.447. The fourth-order valence-electron chi connectivity index (χ4n) is 1.80. The van der Waals surface area contributed by atoms with Gasteiger partial charge < -0.3 is 15.8 Å². The normalized spacial score (nSPS) is 10.4. The maximum atomic E-state index is 13.7. The summed E-state index contributed by atoms with van der Waals surface area (Å²) in [6, 6.07) is 13.3. The average molecular weight is 426 g/mol. The number of ether oxygens (including phenoxy) is 1. The van der Waals surface area contributed by atoms with Crippen LogP contribution in [0.2, 0.25) is 0 Å². The van der Waals surface area contributed by atoms with Gasteiger partial charge in [0.2, 0.25) is 0 Å². The molecule has 120 valence electrons. The smallest absolute Gasteiger partial charge is 0.193 e. The number of hydrogen-bond donors (Lipinski definition) is 2. The molecule has 0 bridgehead atoms. The molecular formula is C16H16FIN4O. The number of aliphatic imine (C=N–C) groups is 1. The fourth-order valence-corrected chi connectivity index (χ4v) is 1.80. The van der Waals surface area contributed by atoms with Crippen LogP contribution in [0.1, 0.15) is 11.1 Å². The molecule has 0 unspecified atom stereocenters. The molecule has 0 saturated carbocycles. The number of nitriles is 1. The van der Waals surface area contributed by atoms with Crippen molar-refractivity contribution in [3.63, 3.8) is 0 Å². The van der Waals surface area contributed by atoms with Gasteiger partial charge in [-0.2, -0.15) is 5.26 Å². The highest BCUT2D eigenvalue weighted by atomic mass is 127. The molecule has 0 spiro atoms. The molecule has 0 aromatic heterocycles. The topological polar surface area (TPSA) is 83.4 Å². The minimum Gasteiger partial charge on any atom is -0.497 e. The van der Waals surface area contributed by atoms with Crippen molar-refractivity contribution in [2.24, 2.45) is 10.7 Å². The van der Waals surface area contributed by atoms with Crippen LogP contribution in [0, 0.1) is 17.1 Å². The van der Waals surface area contributed by atoms with Crippen molar-refractivity contribution in [2.45, 2.75) is 6.54 Å². The lowest BCUT2D eigenvalue weighted by Gasteiger charge is -2.07. The molecular weight excluding hydrogens is 410 g/mol. The molecule has 7 heteroatoms. The molecule has 0 aliphatic rings. The molecule has 0 aliphatic carbocycles. The van der Waals surface area contributed by atoms with Crippen molar-refractivity contribution in [3.8, 4) is 11.8 Å². The molecule has 0 amide bonds. The van der Waals surface area contributed by atoms with E-state index in [0.29, 0.717) is 11.3 Å². The van der Waals surface area contributed by atoms with Gasteiger partial charge in [-0.1, -0.05) is 12.1 Å². The number of anilines is 1. The second-order valence-corrected chi connectivity index (χ2v) is 4.48. The molecule has 2 aromatic carbocycles. The Labute approximate surface area is 151 Å². The van der Waals surface area contributed by atoms with E-state index in [1.807, 2.05) is 24.3 Å². The first-order chi connectivity index (χ1) is 10.6. The average Bonchev–Trinajstić information content (AvgIpc) is 2.53. The van der Waals surface area contributed by atoms with E-state index in [2.05, 4.69) is 10.3 Å². The number of nitrogens with one attached hydrogen (secondary N) is 1. The number of guanidine groups is 1. The van der Waals surface area contributed by atoms with Crippen molar-refractivity contribution < 1.29 is 9.13 Å². The van der Waals surface area contributed by atoms with Crippen molar-refractivity contribution >= 4 is 35.6 Å². The van der Waals surface area contributed by atoms with Gasteiger partial charge >= 0.3 is 0 Å². The maximum Gasteiger partial charge on any atom is 0.193 e. The Hall–Kier alpha value is -2.34. The van der Waals surface area contributed by atoms with Crippen LogP contribution in [0.5, 0.6) is 5.75 Å². The lowest BCUT2D eigenvalue weighted by atomic mass is 10.1. The van der Waals surface area contributed by atoms with Gasteiger partial charge in [-0.15, -0.1) is 24.0 Å². The molecule has 0 aliphatic heterocycles. The minimum absolute atomic E-state index is 0. The summed E-state index contributed by atoms with van der Waals surface area (Å²) in [5, 5.41) is 11.6. The van der Waals surface area contributed by atoms with Gasteiger partial charge in [0.1, 0.15) is 11.6 Å². The van der Waals surface area contributed by atoms with E-state index in [1.165, 1.54) is 12.1 Å². The first-order valence-electron chi connectivity index (χ1n) is 6.52. The number of benzene rings is 2. The predicted molar refractivity (Wildman–Crippen MR) is 98.5 cm³/mol. The minimum atomic E-state index is -0.475. The van der Waals surface area contributed by atoms with Crippen molar-refractivity contribution in [3.05, 3.63) is 59.4 Å². The Kier molecular flexibility index (Phi) is 7.28. The maximum absolute atomic E-state index is 13.7. The number of rotatable bonds is 4. The molecule has 0 radical (unpaired) electrons. The monoisotopic (exact) mass is 426 g/mol. The number of nitrogens with two attached hydrogens (primary N) is 1. The van der Waals surface area contributed by atoms with Crippen molar-refractivity contribution in [2.75, 3.05) is 12.4 Å². The molecule has 0 heterocycles. The number of halogens is 2. The second-order valence-electron chi connectivity index (χ2n) is 4.48. The van der Waals surface area contributed by atoms with Gasteiger partial charge in [0, 0.05) is 17.3 Å². The Morgan fingerprint density at radius 1 is 1.35 bits per heavy atom. The summed E-state index contributed by atoms with van der Waals surface area (Å²) in [5.41, 5.74) is 7.14. The van der Waals surface area contributed by atoms with Crippen LogP contribution in [0.3, 0.4) is 0 Å². The van der Waals surface area contributed by atoms with E-state index < -0.39 is 5.82 Å². The van der Waals surface area contributed by atoms with E-state index in [1.54, 1.807) is 19.2 Å². The highest BCUT2D eigenvalue weighted by molar-refractivity contribution is 14.0. The van der Waals surface area contributed by atoms with E-state index in [-0.39, 0.29) is 42.0 Å². The van der Waals surface area contributed by atoms with E-state index in [4.69, 9.17) is 15.7 Å². The summed E-state index contributed by atoms with van der Waals surface area (Å²) in [6.45, 7) is 0.0837. The largest absolute Gasteiger partial charge is 0.497 e. The fraction of sp³-hybridized carbons (Fsp3) is 0.125. The predicted octanol–water partition coefficient (Wildman–Crippen LogP) is 3.25. The Morgan fingerprint density at radius 3 is 2.78 bits per heavy atom. The summed E-state index contributed by atoms with van der Waals surface area (Å²) >= 11 is 0. The number of hydrogen-bond acceptors (Lipinski definition) is 3. The van der Waals surface area contributed by atoms with Gasteiger partial charge in [0.15, 0.2) is 5.96 Å². The van der Waals surface area contributed by atoms with Crippen LogP contribution in [0.15, 0.2) is 47.5 Å². The van der Waals surface area contributed by atoms with Crippen molar-refractivity contribution in [1.29, 1.82) is 5.26 Å². The van der Waals surface area contributed by atoms with Crippen LogP contribution < -0.4 is 15.8 Å². The third-order valence-electron chi connectivity index (χ3n) is 2.94. The van der Waals surface area contributed by atoms with E-state index in [0.717, 1.165) is 5.69 Å². The summed E-state index contributed by atoms with van der Waals surface area (Å²) in [7, 11) is 1.57. The number of nitrogens with zero attached hydrogens (tertiary/aromatic N) is 2. The lowest BCUT2D eigenvalue weighted by Crippen LogP contribution is -2.22. The lowest BCUT2D eigenvalue weighted by molar-refractivity contribution is 0.415. The Balaban J connectivity index is 0.00000264. The van der Waals surface area contributed by atoms with Crippen molar-refractivity contribution in [1.82, 2.24) is 0 Å². The zero-order valence-corrected chi connectivity index (χ0v) is 14.7. The van der Waals surface area contributed by atoms with Gasteiger partial charge in [-0.3, -0.25) is 0 Å². The molecule has 0 fully saturated rings. The molecule has 2 rings (SSSR count). The molecule has 23 heavy (non-hydrogen) atoms. The molecule has 2 aromatic rings. The van der Waals surface area contributed by atoms with Crippen LogP contribution in [-0.4, -0.2) is 13.1 Å². The molecule has 0 saturated heterocycles. The van der Waals surface area contributed by atoms with Crippen LogP contribution in [0.25, 0.3) is 0 Å². The third-order valence-corrected chi connectivity index (χ3v) is 2.94. The first-order valence-corrected chi connectivity index (χ1v) is 6.52.